The number of nitrogens with one attached hydrogen (secondary N) is 1. The first-order valence-electron chi connectivity index (χ1n) is 4.18. The normalized spacial score (nSPS) is 12.6. The van der Waals surface area contributed by atoms with E-state index in [4.69, 9.17) is 0 Å². The largest absolute Gasteiger partial charge is 1.00 e. The van der Waals surface area contributed by atoms with Gasteiger partial charge in [-0.3, -0.25) is 0 Å². The Kier molecular flexibility index (Phi) is 10.8. The molecule has 0 saturated heterocycles. The van der Waals surface area contributed by atoms with Crippen molar-refractivity contribution < 1.29 is 50.5 Å². The van der Waals surface area contributed by atoms with Crippen molar-refractivity contribution in [3.8, 4) is 0 Å². The van der Waals surface area contributed by atoms with E-state index in [9.17, 15) is 4.79 Å². The minimum absolute atomic E-state index is 0. The number of hydrogen-bond acceptors (Lipinski definition) is 1. The van der Waals surface area contributed by atoms with Crippen LogP contribution in [0.1, 0.15) is 6.42 Å². The molecule has 14 heavy (non-hydrogen) atoms. The molecule has 1 N–H and O–H groups in total. The predicted octanol–water partition coefficient (Wildman–Crippen LogP) is -4.90. The van der Waals surface area contributed by atoms with E-state index in [0.29, 0.717) is 0 Å². The van der Waals surface area contributed by atoms with Gasteiger partial charge in [0.1, 0.15) is 0 Å². The van der Waals surface area contributed by atoms with Crippen molar-refractivity contribution in [1.29, 1.82) is 0 Å². The molecule has 6 heteroatoms. The SMILES string of the molecule is C[SiH](C)[Hf+2]([NH]C=O)[C]1=CC=CC1.[Cl-].[Cl-]. The molecular weight excluding hydrogens is 404 g/mol. The predicted molar refractivity (Wildman–Crippen MR) is 49.9 cm³/mol. The summed E-state index contributed by atoms with van der Waals surface area (Å²) in [6.45, 7) is 4.69. The Morgan fingerprint density at radius 2 is 2.14 bits per heavy atom. The van der Waals surface area contributed by atoms with E-state index in [1.807, 2.05) is 0 Å². The number of allylic oxidation sites excluding steroid dienone is 4. The van der Waals surface area contributed by atoms with Crippen LogP contribution in [0.4, 0.5) is 0 Å². The molecule has 0 spiro atoms. The average molecular weight is 418 g/mol. The minimum atomic E-state index is -1.78. The van der Waals surface area contributed by atoms with E-state index in [0.717, 1.165) is 12.8 Å². The van der Waals surface area contributed by atoms with Gasteiger partial charge >= 0.3 is 82.5 Å². The van der Waals surface area contributed by atoms with Gasteiger partial charge in [-0.05, 0) is 0 Å². The van der Waals surface area contributed by atoms with Gasteiger partial charge in [0.15, 0.2) is 0 Å². The summed E-state index contributed by atoms with van der Waals surface area (Å²) in [6, 6.07) is 0. The first-order chi connectivity index (χ1) is 5.75. The van der Waals surface area contributed by atoms with E-state index >= 15 is 0 Å². The van der Waals surface area contributed by atoms with Crippen LogP contribution in [0, 0.1) is 0 Å². The molecule has 0 aromatic heterocycles. The molecule has 0 radical (unpaired) electrons. The molecule has 0 fully saturated rings. The summed E-state index contributed by atoms with van der Waals surface area (Å²) < 4.78 is 4.69. The van der Waals surface area contributed by atoms with Crippen LogP contribution in [0.15, 0.2) is 21.6 Å². The third-order valence-electron chi connectivity index (χ3n) is 1.91. The van der Waals surface area contributed by atoms with Crippen LogP contribution in [-0.2, 0) is 25.7 Å². The van der Waals surface area contributed by atoms with Crippen molar-refractivity contribution >= 4 is 12.4 Å². The molecule has 0 saturated carbocycles. The fourth-order valence-electron chi connectivity index (χ4n) is 1.34. The van der Waals surface area contributed by atoms with Crippen molar-refractivity contribution in [2.24, 2.45) is 0 Å². The van der Waals surface area contributed by atoms with Crippen LogP contribution in [0.2, 0.25) is 13.1 Å². The van der Waals surface area contributed by atoms with Crippen LogP contribution in [0.3, 0.4) is 0 Å². The fraction of sp³-hybridized carbons (Fsp3) is 0.375. The summed E-state index contributed by atoms with van der Waals surface area (Å²) in [5, 5.41) is 0. The maximum Gasteiger partial charge on any atom is -1.00 e. The Bertz CT molecular complexity index is 233. The Morgan fingerprint density at radius 1 is 1.50 bits per heavy atom. The molecule has 0 aromatic rings. The Hall–Kier alpha value is 0.617. The minimum Gasteiger partial charge on any atom is -1.00 e. The number of carbonyl (C=O) groups excluding carboxylic acids is 1. The first-order valence-corrected chi connectivity index (χ1v) is 16.9. The molecule has 1 aliphatic carbocycles. The number of halogens is 2. The zero-order valence-electron chi connectivity index (χ0n) is 8.26. The molecule has 79 valence electrons. The maximum absolute atomic E-state index is 10.4. The Labute approximate surface area is 107 Å². The van der Waals surface area contributed by atoms with Crippen molar-refractivity contribution in [2.45, 2.75) is 19.5 Å². The first kappa shape index (κ1) is 17.0. The second-order valence-corrected chi connectivity index (χ2v) is 29.0. The second kappa shape index (κ2) is 8.89. The van der Waals surface area contributed by atoms with Gasteiger partial charge in [-0.1, -0.05) is 0 Å². The third-order valence-corrected chi connectivity index (χ3v) is 25.3. The van der Waals surface area contributed by atoms with Gasteiger partial charge in [-0.2, -0.15) is 0 Å². The van der Waals surface area contributed by atoms with E-state index in [-0.39, 0.29) is 24.8 Å². The molecule has 1 aliphatic rings. The van der Waals surface area contributed by atoms with Gasteiger partial charge in [0.2, 0.25) is 0 Å². The standard InChI is InChI=1S/C5H5.C2H7Si.CH3NO.2ClH.Hf/c1-2-4-5-3-1;1-3-2;2-1-3;;;/h1-3H,4H2;3H,1-2H3;1H,(H2,2,3);2*1H;/q;;;;;+3/p-3. The van der Waals surface area contributed by atoms with Gasteiger partial charge < -0.3 is 24.8 Å². The zero-order valence-corrected chi connectivity index (χ0v) is 14.5. The van der Waals surface area contributed by atoms with Crippen LogP contribution in [-0.4, -0.2) is 12.4 Å². The fourth-order valence-corrected chi connectivity index (χ4v) is 19.6. The maximum atomic E-state index is 10.4. The number of carbonyl (C=O) groups is 1. The molecule has 0 aromatic carbocycles. The summed E-state index contributed by atoms with van der Waals surface area (Å²) in [5.41, 5.74) is 0. The van der Waals surface area contributed by atoms with E-state index in [2.05, 4.69) is 34.6 Å². The molecule has 1 rings (SSSR count). The zero-order chi connectivity index (χ0) is 8.97. The summed E-state index contributed by atoms with van der Waals surface area (Å²) in [4.78, 5) is 10.4. The molecular formula is C8H14Cl2HfNOSi. The van der Waals surface area contributed by atoms with Gasteiger partial charge in [0.25, 0.3) is 0 Å². The van der Waals surface area contributed by atoms with Crippen LogP contribution in [0.25, 0.3) is 0 Å². The molecule has 0 heterocycles. The quantitative estimate of drug-likeness (QED) is 0.361. The van der Waals surface area contributed by atoms with Crippen LogP contribution < -0.4 is 28.1 Å². The number of hydrogen-bond donors (Lipinski definition) is 1. The third kappa shape index (κ3) is 4.91. The molecule has 0 unspecified atom stereocenters. The summed E-state index contributed by atoms with van der Waals surface area (Å²) in [7, 11) is 0. The number of rotatable bonds is 4. The second-order valence-electron chi connectivity index (χ2n) is 3.15. The molecule has 0 bridgehead atoms. The van der Waals surface area contributed by atoms with Gasteiger partial charge in [0, 0.05) is 0 Å². The van der Waals surface area contributed by atoms with Crippen LogP contribution in [0.5, 0.6) is 0 Å². The summed E-state index contributed by atoms with van der Waals surface area (Å²) >= 11 is -1.78. The van der Waals surface area contributed by atoms with E-state index < -0.39 is 26.9 Å². The van der Waals surface area contributed by atoms with E-state index in [1.54, 1.807) is 3.33 Å². The monoisotopic (exact) mass is 418 g/mol. The summed E-state index contributed by atoms with van der Waals surface area (Å²) in [5.74, 6) is -0.594. The number of amides is 1. The molecule has 0 atom stereocenters. The van der Waals surface area contributed by atoms with Crippen LogP contribution >= 0.6 is 0 Å². The smallest absolute Gasteiger partial charge is 1.00 e. The molecule has 1 amide bonds. The van der Waals surface area contributed by atoms with Crippen molar-refractivity contribution in [3.05, 3.63) is 21.6 Å². The van der Waals surface area contributed by atoms with Crippen molar-refractivity contribution in [2.75, 3.05) is 0 Å². The summed E-state index contributed by atoms with van der Waals surface area (Å²) in [6.07, 6.45) is 8.53. The molecule has 0 aliphatic heterocycles. The molecule has 2 nitrogen and oxygen atoms in total. The Morgan fingerprint density at radius 3 is 2.50 bits per heavy atom. The van der Waals surface area contributed by atoms with Crippen molar-refractivity contribution in [1.82, 2.24) is 3.30 Å². The average Bonchev–Trinajstić information content (AvgIpc) is 2.51. The Balaban J connectivity index is 0. The van der Waals surface area contributed by atoms with E-state index in [1.165, 1.54) is 0 Å². The van der Waals surface area contributed by atoms with Gasteiger partial charge in [0.05, 0.1) is 0 Å². The van der Waals surface area contributed by atoms with Gasteiger partial charge in [-0.15, -0.1) is 0 Å². The van der Waals surface area contributed by atoms with Gasteiger partial charge in [-0.25, -0.2) is 0 Å². The topological polar surface area (TPSA) is 29.1 Å². The van der Waals surface area contributed by atoms with Crippen molar-refractivity contribution in [3.63, 3.8) is 0 Å².